The summed E-state index contributed by atoms with van der Waals surface area (Å²) >= 11 is 0. The van der Waals surface area contributed by atoms with Crippen molar-refractivity contribution in [3.8, 4) is 6.07 Å². The molecule has 41 heavy (non-hydrogen) atoms. The zero-order valence-corrected chi connectivity index (χ0v) is 24.2. The van der Waals surface area contributed by atoms with Crippen molar-refractivity contribution < 1.29 is 19.2 Å². The van der Waals surface area contributed by atoms with Gasteiger partial charge in [-0.05, 0) is 85.2 Å². The first-order chi connectivity index (χ1) is 19.5. The molecule has 0 saturated carbocycles. The highest BCUT2D eigenvalue weighted by Crippen LogP contribution is 2.43. The second-order valence-electron chi connectivity index (χ2n) is 11.2. The smallest absolute Gasteiger partial charge is 0.253 e. The van der Waals surface area contributed by atoms with Gasteiger partial charge in [-0.25, -0.2) is 0 Å². The summed E-state index contributed by atoms with van der Waals surface area (Å²) in [6.07, 6.45) is 2.86. The van der Waals surface area contributed by atoms with Crippen LogP contribution in [0.25, 0.3) is 0 Å². The number of carbonyl (C=O) groups is 4. The average molecular weight is 559 g/mol. The van der Waals surface area contributed by atoms with E-state index in [1.54, 1.807) is 45.2 Å². The number of hydrogen-bond donors (Lipinski definition) is 2. The number of carbonyl (C=O) groups excluding carboxylic acids is 4. The molecule has 3 N–H and O–H groups in total. The zero-order chi connectivity index (χ0) is 29.9. The Bertz CT molecular complexity index is 1340. The number of benzene rings is 2. The minimum Gasteiger partial charge on any atom is -0.369 e. The van der Waals surface area contributed by atoms with Crippen LogP contribution in [0.3, 0.4) is 0 Å². The molecule has 1 aliphatic heterocycles. The lowest BCUT2D eigenvalue weighted by molar-refractivity contribution is -0.130. The van der Waals surface area contributed by atoms with E-state index in [-0.39, 0.29) is 30.7 Å². The van der Waals surface area contributed by atoms with E-state index < -0.39 is 17.4 Å². The van der Waals surface area contributed by atoms with Crippen LogP contribution in [0.2, 0.25) is 0 Å². The lowest BCUT2D eigenvalue weighted by Crippen LogP contribution is -2.46. The molecule has 2 aliphatic rings. The minimum absolute atomic E-state index is 0.0410. The van der Waals surface area contributed by atoms with Crippen molar-refractivity contribution in [2.75, 3.05) is 47.8 Å². The molecule has 0 spiro atoms. The number of nitrogens with one attached hydrogen (secondary N) is 1. The van der Waals surface area contributed by atoms with Gasteiger partial charge >= 0.3 is 0 Å². The summed E-state index contributed by atoms with van der Waals surface area (Å²) in [5, 5.41) is 12.5. The molecule has 1 atom stereocenters. The molecule has 2 aromatic rings. The highest BCUT2D eigenvalue weighted by Gasteiger charge is 2.44. The van der Waals surface area contributed by atoms with Crippen molar-refractivity contribution in [1.29, 1.82) is 5.26 Å². The second-order valence-corrected chi connectivity index (χ2v) is 11.2. The molecule has 4 rings (SSSR count). The molecule has 1 saturated heterocycles. The van der Waals surface area contributed by atoms with E-state index >= 15 is 0 Å². The molecule has 0 aromatic heterocycles. The Morgan fingerprint density at radius 1 is 0.976 bits per heavy atom. The Morgan fingerprint density at radius 3 is 1.98 bits per heavy atom. The number of nitrogens with zero attached hydrogens (tertiary/aromatic N) is 4. The lowest BCUT2D eigenvalue weighted by Gasteiger charge is -2.34. The van der Waals surface area contributed by atoms with Crippen LogP contribution >= 0.6 is 0 Å². The maximum Gasteiger partial charge on any atom is 0.253 e. The first-order valence-corrected chi connectivity index (χ1v) is 13.9. The second kappa shape index (κ2) is 12.1. The number of aryl methyl sites for hydroxylation is 2. The Labute approximate surface area is 241 Å². The third kappa shape index (κ3) is 5.68. The van der Waals surface area contributed by atoms with E-state index in [0.717, 1.165) is 28.7 Å². The molecule has 1 fully saturated rings. The van der Waals surface area contributed by atoms with E-state index in [1.807, 2.05) is 24.3 Å². The number of fused-ring (bicyclic) bond motifs is 2. The van der Waals surface area contributed by atoms with Gasteiger partial charge in [0.1, 0.15) is 11.5 Å². The SMILES string of the molecule is CN(C)C(=O)c1ccc2c(c1)CCc1cc(C(=O)N(C)C)ccc1C2(CCNCC(=O)N1CCC[C@H]1C#N)C(N)=O. The lowest BCUT2D eigenvalue weighted by atomic mass is 9.69. The van der Waals surface area contributed by atoms with Crippen LogP contribution in [0.1, 0.15) is 62.2 Å². The van der Waals surface area contributed by atoms with Crippen LogP contribution in [0, 0.1) is 11.3 Å². The summed E-state index contributed by atoms with van der Waals surface area (Å²) in [6, 6.07) is 12.5. The molecule has 4 amide bonds. The van der Waals surface area contributed by atoms with Crippen LogP contribution in [0.4, 0.5) is 0 Å². The molecule has 1 aliphatic carbocycles. The topological polar surface area (TPSA) is 140 Å². The Kier molecular flexibility index (Phi) is 8.78. The van der Waals surface area contributed by atoms with Gasteiger partial charge in [-0.2, -0.15) is 5.26 Å². The number of primary amides is 1. The van der Waals surface area contributed by atoms with Crippen LogP contribution in [0.15, 0.2) is 36.4 Å². The molecule has 10 nitrogen and oxygen atoms in total. The largest absolute Gasteiger partial charge is 0.369 e. The van der Waals surface area contributed by atoms with E-state index in [4.69, 9.17) is 5.73 Å². The highest BCUT2D eigenvalue weighted by molar-refractivity contribution is 5.97. The summed E-state index contributed by atoms with van der Waals surface area (Å²) in [5.41, 5.74) is 9.17. The Hall–Kier alpha value is -4.23. The maximum absolute atomic E-state index is 13.6. The average Bonchev–Trinajstić information content (AvgIpc) is 3.39. The first kappa shape index (κ1) is 29.7. The summed E-state index contributed by atoms with van der Waals surface area (Å²) in [5.74, 6) is -0.980. The fourth-order valence-electron chi connectivity index (χ4n) is 6.06. The third-order valence-corrected chi connectivity index (χ3v) is 8.20. The van der Waals surface area contributed by atoms with E-state index in [0.29, 0.717) is 43.5 Å². The quantitative estimate of drug-likeness (QED) is 0.470. The standard InChI is InChI=1S/C31H38N6O4/c1-35(2)28(39)22-9-11-25-20(16-22)7-8-21-17-23(29(40)36(3)4)10-12-26(21)31(25,30(33)41)13-14-34-19-27(38)37-15-5-6-24(37)18-32/h9-12,16-17,24,34H,5-8,13-15,19H2,1-4H3,(H2,33,41)/t24-/m0/s1. The third-order valence-electron chi connectivity index (χ3n) is 8.20. The molecular formula is C31H38N6O4. The molecule has 10 heteroatoms. The molecule has 0 unspecified atom stereocenters. The van der Waals surface area contributed by atoms with Crippen LogP contribution < -0.4 is 11.1 Å². The molecular weight excluding hydrogens is 520 g/mol. The van der Waals surface area contributed by atoms with Crippen molar-refractivity contribution in [2.24, 2.45) is 5.73 Å². The normalized spacial score (nSPS) is 17.0. The van der Waals surface area contributed by atoms with Crippen molar-refractivity contribution in [2.45, 2.75) is 43.6 Å². The van der Waals surface area contributed by atoms with Gasteiger partial charge in [-0.15, -0.1) is 0 Å². The van der Waals surface area contributed by atoms with Gasteiger partial charge in [0.25, 0.3) is 11.8 Å². The molecule has 216 valence electrons. The number of amides is 4. The number of likely N-dealkylation sites (tertiary alicyclic amines) is 1. The van der Waals surface area contributed by atoms with Crippen LogP contribution in [-0.4, -0.2) is 92.2 Å². The molecule has 0 radical (unpaired) electrons. The number of nitriles is 1. The van der Waals surface area contributed by atoms with Gasteiger partial charge in [-0.1, -0.05) is 12.1 Å². The van der Waals surface area contributed by atoms with Gasteiger partial charge in [0, 0.05) is 45.9 Å². The molecule has 1 heterocycles. The number of rotatable bonds is 8. The van der Waals surface area contributed by atoms with Crippen molar-refractivity contribution in [1.82, 2.24) is 20.0 Å². The monoisotopic (exact) mass is 558 g/mol. The summed E-state index contributed by atoms with van der Waals surface area (Å²) in [7, 11) is 6.76. The highest BCUT2D eigenvalue weighted by atomic mass is 16.2. The molecule has 0 bridgehead atoms. The number of nitrogens with two attached hydrogens (primary N) is 1. The maximum atomic E-state index is 13.6. The van der Waals surface area contributed by atoms with E-state index in [1.165, 1.54) is 9.80 Å². The summed E-state index contributed by atoms with van der Waals surface area (Å²) in [4.78, 5) is 56.5. The first-order valence-electron chi connectivity index (χ1n) is 13.9. The predicted molar refractivity (Wildman–Crippen MR) is 154 cm³/mol. The van der Waals surface area contributed by atoms with Crippen molar-refractivity contribution in [3.63, 3.8) is 0 Å². The van der Waals surface area contributed by atoms with Gasteiger partial charge < -0.3 is 25.8 Å². The Morgan fingerprint density at radius 2 is 1.51 bits per heavy atom. The fraction of sp³-hybridized carbons (Fsp3) is 0.452. The number of hydrogen-bond acceptors (Lipinski definition) is 6. The van der Waals surface area contributed by atoms with E-state index in [9.17, 15) is 24.4 Å². The van der Waals surface area contributed by atoms with Gasteiger partial charge in [-0.3, -0.25) is 19.2 Å². The summed E-state index contributed by atoms with van der Waals surface area (Å²) < 4.78 is 0. The zero-order valence-electron chi connectivity index (χ0n) is 24.2. The van der Waals surface area contributed by atoms with Crippen molar-refractivity contribution >= 4 is 23.6 Å². The fourth-order valence-corrected chi connectivity index (χ4v) is 6.06. The molecule has 2 aromatic carbocycles. The van der Waals surface area contributed by atoms with Crippen LogP contribution in [0.5, 0.6) is 0 Å². The minimum atomic E-state index is -1.25. The van der Waals surface area contributed by atoms with Gasteiger partial charge in [0.2, 0.25) is 11.8 Å². The summed E-state index contributed by atoms with van der Waals surface area (Å²) in [6.45, 7) is 0.904. The predicted octanol–water partition coefficient (Wildman–Crippen LogP) is 1.45. The Balaban J connectivity index is 1.72. The van der Waals surface area contributed by atoms with Crippen molar-refractivity contribution in [3.05, 3.63) is 69.8 Å². The van der Waals surface area contributed by atoms with Gasteiger partial charge in [0.05, 0.1) is 12.6 Å². The van der Waals surface area contributed by atoms with Gasteiger partial charge in [0.15, 0.2) is 0 Å². The van der Waals surface area contributed by atoms with E-state index in [2.05, 4.69) is 11.4 Å². The van der Waals surface area contributed by atoms with Crippen LogP contribution in [-0.2, 0) is 27.8 Å².